The van der Waals surface area contributed by atoms with E-state index in [1.54, 1.807) is 0 Å². The smallest absolute Gasteiger partial charge is 0.159 e. The van der Waals surface area contributed by atoms with Gasteiger partial charge in [-0.3, -0.25) is 0 Å². The Labute approximate surface area is 308 Å². The Kier molecular flexibility index (Phi) is 6.46. The van der Waals surface area contributed by atoms with Gasteiger partial charge < -0.3 is 9.32 Å². The van der Waals surface area contributed by atoms with Crippen LogP contribution < -0.4 is 4.90 Å². The molecule has 0 bridgehead atoms. The summed E-state index contributed by atoms with van der Waals surface area (Å²) in [5.74, 6) is 0.291. The lowest BCUT2D eigenvalue weighted by atomic mass is 9.80. The zero-order valence-corrected chi connectivity index (χ0v) is 29.8. The molecule has 1 unspecified atom stereocenters. The number of hydrogen-bond acceptors (Lipinski definition) is 2. The Hall–Kier alpha value is -6.38. The van der Waals surface area contributed by atoms with Crippen molar-refractivity contribution >= 4 is 65.6 Å². The van der Waals surface area contributed by atoms with Crippen LogP contribution in [-0.2, 0) is 5.41 Å². The van der Waals surface area contributed by atoms with E-state index in [9.17, 15) is 0 Å². The van der Waals surface area contributed by atoms with Crippen molar-refractivity contribution < 1.29 is 4.42 Å². The average Bonchev–Trinajstić information content (AvgIpc) is 3.71. The van der Waals surface area contributed by atoms with Crippen molar-refractivity contribution in [3.63, 3.8) is 0 Å². The number of anilines is 2. The third-order valence-corrected chi connectivity index (χ3v) is 12.0. The second-order valence-electron chi connectivity index (χ2n) is 15.2. The number of benzene rings is 8. The highest BCUT2D eigenvalue weighted by molar-refractivity contribution is 6.26. The molecule has 0 N–H and O–H groups in total. The molecular weight excluding hydrogens is 643 g/mol. The van der Waals surface area contributed by atoms with Crippen molar-refractivity contribution in [2.45, 2.75) is 31.6 Å². The first-order chi connectivity index (χ1) is 26.0. The number of fused-ring (bicyclic) bond motifs is 12. The van der Waals surface area contributed by atoms with Gasteiger partial charge in [-0.05, 0) is 96.9 Å². The second kappa shape index (κ2) is 11.3. The van der Waals surface area contributed by atoms with Gasteiger partial charge in [-0.2, -0.15) is 0 Å². The lowest BCUT2D eigenvalue weighted by Gasteiger charge is -2.30. The van der Waals surface area contributed by atoms with Crippen molar-refractivity contribution in [1.82, 2.24) is 0 Å². The normalized spacial score (nSPS) is 16.0. The van der Waals surface area contributed by atoms with Crippen molar-refractivity contribution in [2.24, 2.45) is 0 Å². The summed E-state index contributed by atoms with van der Waals surface area (Å²) < 4.78 is 6.68. The number of rotatable bonds is 4. The van der Waals surface area contributed by atoms with Gasteiger partial charge in [0.2, 0.25) is 0 Å². The van der Waals surface area contributed by atoms with Gasteiger partial charge in [0.05, 0.1) is 5.69 Å². The van der Waals surface area contributed by atoms with E-state index in [2.05, 4.69) is 183 Å². The van der Waals surface area contributed by atoms with Gasteiger partial charge in [-0.25, -0.2) is 0 Å². The molecule has 0 saturated heterocycles. The molecule has 2 aliphatic rings. The first-order valence-corrected chi connectivity index (χ1v) is 18.7. The lowest BCUT2D eigenvalue weighted by molar-refractivity contribution is 0.658. The summed E-state index contributed by atoms with van der Waals surface area (Å²) in [4.78, 5) is 2.41. The first-order valence-electron chi connectivity index (χ1n) is 18.7. The molecule has 0 radical (unpaired) electrons. The molecule has 2 heteroatoms. The van der Waals surface area contributed by atoms with E-state index in [1.165, 1.54) is 60.1 Å². The van der Waals surface area contributed by atoms with E-state index in [-0.39, 0.29) is 5.41 Å². The fourth-order valence-corrected chi connectivity index (χ4v) is 9.34. The second-order valence-corrected chi connectivity index (χ2v) is 15.2. The number of para-hydroxylation sites is 2. The minimum Gasteiger partial charge on any atom is -0.454 e. The van der Waals surface area contributed by atoms with E-state index in [0.29, 0.717) is 5.92 Å². The number of nitrogens with zero attached hydrogens (tertiary/aromatic N) is 1. The van der Waals surface area contributed by atoms with Gasteiger partial charge in [-0.1, -0.05) is 153 Å². The molecule has 252 valence electrons. The van der Waals surface area contributed by atoms with Crippen LogP contribution in [-0.4, -0.2) is 0 Å². The van der Waals surface area contributed by atoms with Crippen LogP contribution in [0.1, 0.15) is 42.9 Å². The number of hydrogen-bond donors (Lipinski definition) is 0. The quantitative estimate of drug-likeness (QED) is 0.172. The highest BCUT2D eigenvalue weighted by Gasteiger charge is 2.35. The van der Waals surface area contributed by atoms with Crippen molar-refractivity contribution in [3.8, 4) is 11.1 Å². The minimum atomic E-state index is -0.0189. The maximum Gasteiger partial charge on any atom is 0.159 e. The highest BCUT2D eigenvalue weighted by atomic mass is 16.3. The average molecular weight is 680 g/mol. The Morgan fingerprint density at radius 3 is 1.94 bits per heavy atom. The van der Waals surface area contributed by atoms with Crippen LogP contribution in [0.25, 0.3) is 65.4 Å². The first kappa shape index (κ1) is 30.3. The predicted molar refractivity (Wildman–Crippen MR) is 223 cm³/mol. The zero-order chi connectivity index (χ0) is 35.3. The Bertz CT molecular complexity index is 2990. The van der Waals surface area contributed by atoms with E-state index < -0.39 is 0 Å². The summed E-state index contributed by atoms with van der Waals surface area (Å²) in [5, 5.41) is 9.88. The molecule has 2 nitrogen and oxygen atoms in total. The molecule has 2 aliphatic carbocycles. The fourth-order valence-electron chi connectivity index (χ4n) is 9.34. The van der Waals surface area contributed by atoms with Gasteiger partial charge in [0.25, 0.3) is 0 Å². The summed E-state index contributed by atoms with van der Waals surface area (Å²) in [6, 6.07) is 55.5. The maximum atomic E-state index is 6.68. The molecule has 1 heterocycles. The fraction of sp³-hybridized carbons (Fsp3) is 0.0980. The van der Waals surface area contributed by atoms with Crippen LogP contribution in [0.15, 0.2) is 180 Å². The van der Waals surface area contributed by atoms with Gasteiger partial charge in [-0.15, -0.1) is 0 Å². The molecule has 1 aromatic heterocycles. The van der Waals surface area contributed by atoms with Crippen LogP contribution in [0.4, 0.5) is 11.4 Å². The maximum absolute atomic E-state index is 6.68. The minimum absolute atomic E-state index is 0.0189. The third-order valence-electron chi connectivity index (χ3n) is 12.0. The summed E-state index contributed by atoms with van der Waals surface area (Å²) in [7, 11) is 0. The van der Waals surface area contributed by atoms with Crippen LogP contribution in [0.3, 0.4) is 0 Å². The van der Waals surface area contributed by atoms with Crippen LogP contribution in [0.2, 0.25) is 0 Å². The summed E-state index contributed by atoms with van der Waals surface area (Å²) in [5.41, 5.74) is 12.0. The molecule has 0 amide bonds. The highest BCUT2D eigenvalue weighted by Crippen LogP contribution is 2.50. The molecule has 8 aromatic carbocycles. The molecule has 0 aliphatic heterocycles. The molecule has 0 saturated carbocycles. The topological polar surface area (TPSA) is 16.4 Å². The third kappa shape index (κ3) is 4.45. The molecule has 11 rings (SSSR count). The number of furan rings is 1. The molecule has 1 atom stereocenters. The van der Waals surface area contributed by atoms with E-state index in [1.807, 2.05) is 6.07 Å². The summed E-state index contributed by atoms with van der Waals surface area (Å²) in [6.45, 7) is 4.73. The van der Waals surface area contributed by atoms with Gasteiger partial charge in [0, 0.05) is 33.5 Å². The summed E-state index contributed by atoms with van der Waals surface area (Å²) >= 11 is 0. The van der Waals surface area contributed by atoms with E-state index in [4.69, 9.17) is 4.42 Å². The van der Waals surface area contributed by atoms with Gasteiger partial charge in [0.15, 0.2) is 5.58 Å². The van der Waals surface area contributed by atoms with Crippen LogP contribution in [0.5, 0.6) is 0 Å². The standard InChI is InChI=1S/C51H37NO/c1-51(2)46-19-9-7-16-41(46)42-28-24-33(30-47(42)51)32-22-25-34(26-23-32)52(48-20-11-18-44-43-17-8-10-21-49(43)53-50(44)48)35-27-29-40-38-14-4-3-12-36(38)37-13-5-6-15-39(37)45(40)31-35/h3-22,24-32H,23H2,1-2H3. The Morgan fingerprint density at radius 2 is 1.19 bits per heavy atom. The largest absolute Gasteiger partial charge is 0.454 e. The molecule has 0 spiro atoms. The van der Waals surface area contributed by atoms with Crippen molar-refractivity contribution in [3.05, 3.63) is 192 Å². The van der Waals surface area contributed by atoms with Gasteiger partial charge >= 0.3 is 0 Å². The molecule has 53 heavy (non-hydrogen) atoms. The van der Waals surface area contributed by atoms with E-state index >= 15 is 0 Å². The molecule has 0 fully saturated rings. The zero-order valence-electron chi connectivity index (χ0n) is 29.8. The predicted octanol–water partition coefficient (Wildman–Crippen LogP) is 14.1. The number of allylic oxidation sites excluding steroid dienone is 3. The molecule has 9 aromatic rings. The van der Waals surface area contributed by atoms with Crippen LogP contribution >= 0.6 is 0 Å². The SMILES string of the molecule is CC1(C)c2ccccc2-c2ccc(C3C=CC(N(c4ccc5c6ccccc6c6ccccc6c5c4)c4cccc5c4oc4ccccc45)=CC3)cc21. The van der Waals surface area contributed by atoms with Crippen LogP contribution in [0, 0.1) is 0 Å². The summed E-state index contributed by atoms with van der Waals surface area (Å²) in [6.07, 6.45) is 8.06. The van der Waals surface area contributed by atoms with Crippen molar-refractivity contribution in [1.29, 1.82) is 0 Å². The lowest BCUT2D eigenvalue weighted by Crippen LogP contribution is -2.18. The van der Waals surface area contributed by atoms with E-state index in [0.717, 1.165) is 45.4 Å². The van der Waals surface area contributed by atoms with Gasteiger partial charge in [0.1, 0.15) is 5.58 Å². The monoisotopic (exact) mass is 679 g/mol. The van der Waals surface area contributed by atoms with Crippen molar-refractivity contribution in [2.75, 3.05) is 4.90 Å². The molecular formula is C51H37NO. The Balaban J connectivity index is 1.06. The Morgan fingerprint density at radius 1 is 0.547 bits per heavy atom.